The fourth-order valence-corrected chi connectivity index (χ4v) is 4.57. The van der Waals surface area contributed by atoms with Gasteiger partial charge >= 0.3 is 5.97 Å². The van der Waals surface area contributed by atoms with Crippen molar-refractivity contribution in [2.24, 2.45) is 0 Å². The van der Waals surface area contributed by atoms with Crippen LogP contribution >= 0.6 is 0 Å². The molecule has 3 rings (SSSR count). The number of nitrogens with two attached hydrogens (primary N) is 1. The smallest absolute Gasteiger partial charge is 0.338 e. The fraction of sp³-hybridized carbons (Fsp3) is 0.533. The van der Waals surface area contributed by atoms with Crippen LogP contribution in [0.3, 0.4) is 0 Å². The Morgan fingerprint density at radius 3 is 2.27 bits per heavy atom. The highest BCUT2D eigenvalue weighted by Crippen LogP contribution is 2.23. The number of hydrogen-bond acceptors (Lipinski definition) is 6. The first kappa shape index (κ1) is 30.3. The predicted molar refractivity (Wildman–Crippen MR) is 153 cm³/mol. The predicted octanol–water partition coefficient (Wildman–Crippen LogP) is 5.27. The van der Waals surface area contributed by atoms with Crippen LogP contribution in [-0.2, 0) is 9.53 Å². The molecule has 1 aliphatic rings. The molecule has 1 saturated heterocycles. The van der Waals surface area contributed by atoms with Gasteiger partial charge in [0.15, 0.2) is 0 Å². The molecule has 2 aromatic carbocycles. The number of hydrogen-bond donors (Lipinski definition) is 2. The average Bonchev–Trinajstić information content (AvgIpc) is 2.90. The number of carbonyl (C=O) groups excluding carboxylic acids is 2. The lowest BCUT2D eigenvalue weighted by Gasteiger charge is -2.34. The van der Waals surface area contributed by atoms with Crippen molar-refractivity contribution in [1.82, 2.24) is 9.80 Å². The first-order chi connectivity index (χ1) is 17.8. The van der Waals surface area contributed by atoms with Crippen molar-refractivity contribution in [2.45, 2.75) is 66.3 Å². The summed E-state index contributed by atoms with van der Waals surface area (Å²) in [5.41, 5.74) is 9.98. The van der Waals surface area contributed by atoms with E-state index < -0.39 is 0 Å². The van der Waals surface area contributed by atoms with Crippen molar-refractivity contribution in [3.8, 4) is 0 Å². The lowest BCUT2D eigenvalue weighted by atomic mass is 10.0. The lowest BCUT2D eigenvalue weighted by molar-refractivity contribution is -0.122. The average molecular weight is 511 g/mol. The summed E-state index contributed by atoms with van der Waals surface area (Å²) in [6.07, 6.45) is 4.46. The SMILES string of the molecule is CCCN1CCCC[C@H]1C(=O)Nc1c(C)cccc1C.CCN(CC)CCOC(=O)c1ccc(N)cc1. The highest BCUT2D eigenvalue weighted by Gasteiger charge is 2.28. The Morgan fingerprint density at radius 1 is 1.03 bits per heavy atom. The molecule has 1 fully saturated rings. The maximum Gasteiger partial charge on any atom is 0.338 e. The summed E-state index contributed by atoms with van der Waals surface area (Å²) in [6, 6.07) is 12.9. The van der Waals surface area contributed by atoms with Gasteiger partial charge < -0.3 is 20.7 Å². The number of benzene rings is 2. The molecule has 0 spiro atoms. The number of carbonyl (C=O) groups is 2. The van der Waals surface area contributed by atoms with Gasteiger partial charge in [0.05, 0.1) is 11.6 Å². The molecule has 1 atom stereocenters. The van der Waals surface area contributed by atoms with Crippen molar-refractivity contribution >= 4 is 23.3 Å². The number of para-hydroxylation sites is 1. The number of nitrogen functional groups attached to an aromatic ring is 1. The topological polar surface area (TPSA) is 87.9 Å². The Hall–Kier alpha value is -2.90. The second-order valence-corrected chi connectivity index (χ2v) is 9.59. The summed E-state index contributed by atoms with van der Waals surface area (Å²) >= 11 is 0. The van der Waals surface area contributed by atoms with Crippen molar-refractivity contribution in [3.63, 3.8) is 0 Å². The van der Waals surface area contributed by atoms with E-state index in [-0.39, 0.29) is 17.9 Å². The van der Waals surface area contributed by atoms with Crippen LogP contribution in [0, 0.1) is 13.8 Å². The summed E-state index contributed by atoms with van der Waals surface area (Å²) in [7, 11) is 0. The van der Waals surface area contributed by atoms with E-state index >= 15 is 0 Å². The van der Waals surface area contributed by atoms with E-state index in [1.807, 2.05) is 32.0 Å². The molecule has 0 aliphatic carbocycles. The summed E-state index contributed by atoms with van der Waals surface area (Å²) in [4.78, 5) is 28.8. The number of rotatable bonds is 10. The standard InChI is InChI=1S/C17H26N2O.C13H20N2O2/c1-4-11-19-12-6-5-10-15(19)17(20)18-16-13(2)8-7-9-14(16)3;1-3-15(4-2)9-10-17-13(16)11-5-7-12(14)8-6-11/h7-9,15H,4-6,10-12H2,1-3H3,(H,18,20);5-8H,3-4,9-10,14H2,1-2H3/t15-;/m0./s1. The second-order valence-electron chi connectivity index (χ2n) is 9.59. The number of nitrogens with zero attached hydrogens (tertiary/aromatic N) is 2. The molecule has 0 bridgehead atoms. The van der Waals surface area contributed by atoms with E-state index in [1.54, 1.807) is 24.3 Å². The van der Waals surface area contributed by atoms with Crippen LogP contribution in [0.25, 0.3) is 0 Å². The molecule has 3 N–H and O–H groups in total. The van der Waals surface area contributed by atoms with Gasteiger partial charge in [-0.15, -0.1) is 0 Å². The minimum Gasteiger partial charge on any atom is -0.461 e. The molecule has 1 heterocycles. The van der Waals surface area contributed by atoms with Gasteiger partial charge in [0.25, 0.3) is 0 Å². The highest BCUT2D eigenvalue weighted by molar-refractivity contribution is 5.96. The minimum absolute atomic E-state index is 0.0442. The number of aryl methyl sites for hydroxylation is 2. The number of piperidine rings is 1. The highest BCUT2D eigenvalue weighted by atomic mass is 16.5. The van der Waals surface area contributed by atoms with Crippen molar-refractivity contribution in [1.29, 1.82) is 0 Å². The van der Waals surface area contributed by atoms with Crippen LogP contribution in [0.4, 0.5) is 11.4 Å². The molecular formula is C30H46N4O3. The van der Waals surface area contributed by atoms with Gasteiger partial charge in [-0.05, 0) is 94.7 Å². The summed E-state index contributed by atoms with van der Waals surface area (Å²) in [5.74, 6) is -0.132. The fourth-order valence-electron chi connectivity index (χ4n) is 4.57. The Kier molecular flexibility index (Phi) is 13.2. The van der Waals surface area contributed by atoms with Gasteiger partial charge in [-0.3, -0.25) is 9.69 Å². The van der Waals surface area contributed by atoms with Crippen LogP contribution in [0.2, 0.25) is 0 Å². The molecule has 0 unspecified atom stereocenters. The third-order valence-electron chi connectivity index (χ3n) is 6.84. The zero-order valence-electron chi connectivity index (χ0n) is 23.4. The number of ether oxygens (including phenoxy) is 1. The number of likely N-dealkylation sites (N-methyl/N-ethyl adjacent to an activating group) is 1. The second kappa shape index (κ2) is 16.0. The summed E-state index contributed by atoms with van der Waals surface area (Å²) < 4.78 is 5.18. The third kappa shape index (κ3) is 9.82. The van der Waals surface area contributed by atoms with Crippen molar-refractivity contribution in [2.75, 3.05) is 50.4 Å². The van der Waals surface area contributed by atoms with Crippen LogP contribution in [-0.4, -0.2) is 67.0 Å². The van der Waals surface area contributed by atoms with E-state index in [9.17, 15) is 9.59 Å². The third-order valence-corrected chi connectivity index (χ3v) is 6.84. The normalized spacial score (nSPS) is 15.6. The largest absolute Gasteiger partial charge is 0.461 e. The van der Waals surface area contributed by atoms with Gasteiger partial charge in [-0.25, -0.2) is 4.79 Å². The van der Waals surface area contributed by atoms with E-state index in [4.69, 9.17) is 10.5 Å². The van der Waals surface area contributed by atoms with Crippen LogP contribution in [0.5, 0.6) is 0 Å². The van der Waals surface area contributed by atoms with Gasteiger partial charge in [0, 0.05) is 17.9 Å². The Bertz CT molecular complexity index is 951. The maximum atomic E-state index is 12.6. The van der Waals surface area contributed by atoms with E-state index in [2.05, 4.69) is 35.9 Å². The first-order valence-electron chi connectivity index (χ1n) is 13.7. The Balaban J connectivity index is 0.000000264. The first-order valence-corrected chi connectivity index (χ1v) is 13.7. The number of nitrogens with one attached hydrogen (secondary N) is 1. The van der Waals surface area contributed by atoms with Gasteiger partial charge in [-0.2, -0.15) is 0 Å². The molecule has 7 nitrogen and oxygen atoms in total. The molecule has 1 aliphatic heterocycles. The lowest BCUT2D eigenvalue weighted by Crippen LogP contribution is -2.47. The Labute approximate surface area is 223 Å². The zero-order chi connectivity index (χ0) is 27.2. The van der Waals surface area contributed by atoms with Gasteiger partial charge in [0.2, 0.25) is 5.91 Å². The van der Waals surface area contributed by atoms with E-state index in [0.717, 1.165) is 68.8 Å². The molecular weight excluding hydrogens is 464 g/mol. The van der Waals surface area contributed by atoms with Gasteiger partial charge in [0.1, 0.15) is 6.61 Å². The van der Waals surface area contributed by atoms with E-state index in [0.29, 0.717) is 17.9 Å². The summed E-state index contributed by atoms with van der Waals surface area (Å²) in [6.45, 7) is 15.7. The summed E-state index contributed by atoms with van der Waals surface area (Å²) in [5, 5.41) is 3.16. The van der Waals surface area contributed by atoms with Crippen molar-refractivity contribution in [3.05, 3.63) is 59.2 Å². The molecule has 7 heteroatoms. The quantitative estimate of drug-likeness (QED) is 0.334. The number of esters is 1. The molecule has 37 heavy (non-hydrogen) atoms. The molecule has 204 valence electrons. The maximum absolute atomic E-state index is 12.6. The van der Waals surface area contributed by atoms with Crippen LogP contribution < -0.4 is 11.1 Å². The molecule has 1 amide bonds. The van der Waals surface area contributed by atoms with E-state index in [1.165, 1.54) is 6.42 Å². The molecule has 0 saturated carbocycles. The minimum atomic E-state index is -0.294. The van der Waals surface area contributed by atoms with Crippen LogP contribution in [0.1, 0.15) is 67.9 Å². The van der Waals surface area contributed by atoms with Crippen molar-refractivity contribution < 1.29 is 14.3 Å². The number of likely N-dealkylation sites (tertiary alicyclic amines) is 1. The molecule has 2 aromatic rings. The molecule has 0 radical (unpaired) electrons. The molecule has 0 aromatic heterocycles. The number of anilines is 2. The van der Waals surface area contributed by atoms with Crippen LogP contribution in [0.15, 0.2) is 42.5 Å². The zero-order valence-corrected chi connectivity index (χ0v) is 23.4. The monoisotopic (exact) mass is 510 g/mol. The Morgan fingerprint density at radius 2 is 1.68 bits per heavy atom. The number of amides is 1. The van der Waals surface area contributed by atoms with Gasteiger partial charge in [-0.1, -0.05) is 45.4 Å².